The zero-order chi connectivity index (χ0) is 12.5. The number of aryl methyl sites for hydroxylation is 2. The van der Waals surface area contributed by atoms with Gasteiger partial charge in [-0.3, -0.25) is 0 Å². The molecule has 0 aliphatic rings. The predicted molar refractivity (Wildman–Crippen MR) is 66.3 cm³/mol. The number of anilines is 1. The Kier molecular flexibility index (Phi) is 2.47. The minimum Gasteiger partial charge on any atom is -0.361 e. The van der Waals surface area contributed by atoms with E-state index in [-0.39, 0.29) is 0 Å². The van der Waals surface area contributed by atoms with Gasteiger partial charge in [-0.2, -0.15) is 4.98 Å². The number of pyridine rings is 1. The molecule has 3 heterocycles. The molecule has 92 valence electrons. The summed E-state index contributed by atoms with van der Waals surface area (Å²) in [4.78, 5) is 4.36. The van der Waals surface area contributed by atoms with Gasteiger partial charge in [0.15, 0.2) is 5.65 Å². The first-order chi connectivity index (χ1) is 8.74. The van der Waals surface area contributed by atoms with Crippen LogP contribution >= 0.6 is 0 Å². The molecular formula is C12H13N5O. The lowest BCUT2D eigenvalue weighted by atomic mass is 10.2. The highest BCUT2D eigenvalue weighted by Crippen LogP contribution is 2.14. The predicted octanol–water partition coefficient (Wildman–Crippen LogP) is 1.95. The van der Waals surface area contributed by atoms with E-state index >= 15 is 0 Å². The summed E-state index contributed by atoms with van der Waals surface area (Å²) in [7, 11) is 0. The number of nitrogens with one attached hydrogen (secondary N) is 1. The van der Waals surface area contributed by atoms with Crippen LogP contribution in [0.2, 0.25) is 0 Å². The van der Waals surface area contributed by atoms with E-state index in [1.165, 1.54) is 0 Å². The number of rotatable bonds is 3. The Balaban J connectivity index is 1.81. The molecule has 0 bridgehead atoms. The smallest absolute Gasteiger partial charge is 0.243 e. The summed E-state index contributed by atoms with van der Waals surface area (Å²) < 4.78 is 6.84. The summed E-state index contributed by atoms with van der Waals surface area (Å²) in [6, 6.07) is 5.76. The van der Waals surface area contributed by atoms with E-state index in [9.17, 15) is 0 Å². The van der Waals surface area contributed by atoms with Crippen molar-refractivity contribution in [2.45, 2.75) is 20.4 Å². The van der Waals surface area contributed by atoms with E-state index < -0.39 is 0 Å². The van der Waals surface area contributed by atoms with Crippen LogP contribution < -0.4 is 5.32 Å². The molecule has 0 aromatic carbocycles. The van der Waals surface area contributed by atoms with Crippen molar-refractivity contribution >= 4 is 11.6 Å². The summed E-state index contributed by atoms with van der Waals surface area (Å²) in [5, 5.41) is 11.4. The lowest BCUT2D eigenvalue weighted by Gasteiger charge is -1.99. The first-order valence-electron chi connectivity index (χ1n) is 5.71. The number of fused-ring (bicyclic) bond motifs is 1. The Morgan fingerprint density at radius 2 is 2.22 bits per heavy atom. The third-order valence-electron chi connectivity index (χ3n) is 2.85. The van der Waals surface area contributed by atoms with Crippen molar-refractivity contribution in [2.75, 3.05) is 5.32 Å². The molecule has 1 N–H and O–H groups in total. The quantitative estimate of drug-likeness (QED) is 0.761. The number of hydrogen-bond donors (Lipinski definition) is 1. The summed E-state index contributed by atoms with van der Waals surface area (Å²) in [5.74, 6) is 1.42. The second kappa shape index (κ2) is 4.14. The third kappa shape index (κ3) is 1.81. The van der Waals surface area contributed by atoms with Gasteiger partial charge in [0.2, 0.25) is 5.95 Å². The number of aromatic nitrogens is 4. The Hall–Kier alpha value is -2.37. The second-order valence-corrected chi connectivity index (χ2v) is 4.10. The van der Waals surface area contributed by atoms with E-state index in [0.29, 0.717) is 12.5 Å². The van der Waals surface area contributed by atoms with Crippen molar-refractivity contribution in [2.24, 2.45) is 0 Å². The second-order valence-electron chi connectivity index (χ2n) is 4.10. The molecule has 3 aromatic heterocycles. The Bertz CT molecular complexity index is 632. The molecule has 0 aliphatic carbocycles. The van der Waals surface area contributed by atoms with E-state index in [2.05, 4.69) is 20.6 Å². The fraction of sp³-hybridized carbons (Fsp3) is 0.250. The molecule has 0 unspecified atom stereocenters. The fourth-order valence-electron chi connectivity index (χ4n) is 1.83. The highest BCUT2D eigenvalue weighted by molar-refractivity contribution is 5.43. The van der Waals surface area contributed by atoms with Crippen molar-refractivity contribution in [3.63, 3.8) is 0 Å². The maximum absolute atomic E-state index is 5.11. The first kappa shape index (κ1) is 10.8. The van der Waals surface area contributed by atoms with Gasteiger partial charge in [-0.05, 0) is 26.0 Å². The third-order valence-corrected chi connectivity index (χ3v) is 2.85. The zero-order valence-corrected chi connectivity index (χ0v) is 10.2. The molecule has 0 aliphatic heterocycles. The molecule has 6 nitrogen and oxygen atoms in total. The molecule has 6 heteroatoms. The Morgan fingerprint density at radius 3 is 2.94 bits per heavy atom. The molecule has 0 amide bonds. The van der Waals surface area contributed by atoms with Crippen LogP contribution in [0.4, 0.5) is 5.95 Å². The largest absolute Gasteiger partial charge is 0.361 e. The van der Waals surface area contributed by atoms with Crippen LogP contribution in [0.1, 0.15) is 17.0 Å². The minimum absolute atomic E-state index is 0.598. The molecule has 3 rings (SSSR count). The van der Waals surface area contributed by atoms with Gasteiger partial charge in [-0.15, -0.1) is 5.10 Å². The molecule has 0 saturated heterocycles. The number of hydrogen-bond acceptors (Lipinski definition) is 5. The average Bonchev–Trinajstić information content (AvgIpc) is 2.91. The lowest BCUT2D eigenvalue weighted by molar-refractivity contribution is 0.392. The van der Waals surface area contributed by atoms with E-state index in [1.54, 1.807) is 4.52 Å². The van der Waals surface area contributed by atoms with Gasteiger partial charge in [0.1, 0.15) is 5.76 Å². The zero-order valence-electron chi connectivity index (χ0n) is 10.2. The van der Waals surface area contributed by atoms with Crippen LogP contribution in [-0.4, -0.2) is 19.8 Å². The highest BCUT2D eigenvalue weighted by Gasteiger charge is 2.09. The maximum Gasteiger partial charge on any atom is 0.243 e. The molecule has 18 heavy (non-hydrogen) atoms. The minimum atomic E-state index is 0.598. The molecular weight excluding hydrogens is 230 g/mol. The van der Waals surface area contributed by atoms with Crippen LogP contribution in [0.25, 0.3) is 5.65 Å². The van der Waals surface area contributed by atoms with Crippen molar-refractivity contribution in [1.29, 1.82) is 0 Å². The van der Waals surface area contributed by atoms with E-state index in [0.717, 1.165) is 22.7 Å². The maximum atomic E-state index is 5.11. The first-order valence-corrected chi connectivity index (χ1v) is 5.71. The van der Waals surface area contributed by atoms with Crippen LogP contribution in [-0.2, 0) is 6.54 Å². The molecule has 0 radical (unpaired) electrons. The Morgan fingerprint density at radius 1 is 1.33 bits per heavy atom. The molecule has 0 spiro atoms. The molecule has 0 saturated carbocycles. The van der Waals surface area contributed by atoms with Crippen LogP contribution in [0, 0.1) is 13.8 Å². The van der Waals surface area contributed by atoms with Crippen molar-refractivity contribution in [3.8, 4) is 0 Å². The van der Waals surface area contributed by atoms with Crippen LogP contribution in [0.3, 0.4) is 0 Å². The lowest BCUT2D eigenvalue weighted by Crippen LogP contribution is -2.02. The van der Waals surface area contributed by atoms with E-state index in [4.69, 9.17) is 4.52 Å². The summed E-state index contributed by atoms with van der Waals surface area (Å²) in [6.45, 7) is 4.43. The topological polar surface area (TPSA) is 68.2 Å². The monoisotopic (exact) mass is 243 g/mol. The normalized spacial score (nSPS) is 11.0. The highest BCUT2D eigenvalue weighted by atomic mass is 16.5. The summed E-state index contributed by atoms with van der Waals surface area (Å²) in [5.41, 5.74) is 2.76. The van der Waals surface area contributed by atoms with Gasteiger partial charge < -0.3 is 9.84 Å². The average molecular weight is 243 g/mol. The Labute approximate surface area is 104 Å². The van der Waals surface area contributed by atoms with E-state index in [1.807, 2.05) is 38.2 Å². The van der Waals surface area contributed by atoms with Gasteiger partial charge in [0, 0.05) is 18.3 Å². The fourth-order valence-corrected chi connectivity index (χ4v) is 1.83. The number of nitrogens with zero attached hydrogens (tertiary/aromatic N) is 4. The van der Waals surface area contributed by atoms with Crippen LogP contribution in [0.5, 0.6) is 0 Å². The van der Waals surface area contributed by atoms with Gasteiger partial charge in [0.05, 0.1) is 5.69 Å². The van der Waals surface area contributed by atoms with Gasteiger partial charge in [-0.25, -0.2) is 4.52 Å². The van der Waals surface area contributed by atoms with Gasteiger partial charge in [-0.1, -0.05) is 11.2 Å². The summed E-state index contributed by atoms with van der Waals surface area (Å²) in [6.07, 6.45) is 1.86. The summed E-state index contributed by atoms with van der Waals surface area (Å²) >= 11 is 0. The SMILES string of the molecule is Cc1noc(C)c1CNc1nc2ccccn2n1. The van der Waals surface area contributed by atoms with Crippen molar-refractivity contribution in [1.82, 2.24) is 19.8 Å². The van der Waals surface area contributed by atoms with Crippen molar-refractivity contribution < 1.29 is 4.52 Å². The molecule has 3 aromatic rings. The van der Waals surface area contributed by atoms with Gasteiger partial charge >= 0.3 is 0 Å². The molecule has 0 fully saturated rings. The van der Waals surface area contributed by atoms with Gasteiger partial charge in [0.25, 0.3) is 0 Å². The standard InChI is InChI=1S/C12H13N5O/c1-8-10(9(2)18-16-8)7-13-12-14-11-5-3-4-6-17(11)15-12/h3-6H,7H2,1-2H3,(H,13,15). The van der Waals surface area contributed by atoms with Crippen LogP contribution in [0.15, 0.2) is 28.9 Å². The van der Waals surface area contributed by atoms with Crippen molar-refractivity contribution in [3.05, 3.63) is 41.4 Å². The molecule has 0 atom stereocenters.